The van der Waals surface area contributed by atoms with Crippen molar-refractivity contribution in [2.45, 2.75) is 72.6 Å². The highest BCUT2D eigenvalue weighted by atomic mass is 32.2. The highest BCUT2D eigenvalue weighted by Gasteiger charge is 2.19. The van der Waals surface area contributed by atoms with Gasteiger partial charge >= 0.3 is 0 Å². The van der Waals surface area contributed by atoms with Gasteiger partial charge < -0.3 is 0 Å². The molecule has 0 saturated heterocycles. The molecule has 3 heterocycles. The summed E-state index contributed by atoms with van der Waals surface area (Å²) in [6.45, 7) is 13.2. The maximum absolute atomic E-state index is 4.74. The van der Waals surface area contributed by atoms with E-state index in [1.54, 1.807) is 57.5 Å². The zero-order valence-corrected chi connectivity index (χ0v) is 20.5. The second-order valence-electron chi connectivity index (χ2n) is 8.20. The lowest BCUT2D eigenvalue weighted by atomic mass is 9.98. The van der Waals surface area contributed by atoms with E-state index in [1.807, 2.05) is 0 Å². The molecular formula is C18H24N4S5. The molecule has 27 heavy (non-hydrogen) atoms. The summed E-state index contributed by atoms with van der Waals surface area (Å²) in [5, 5.41) is 15.3. The molecule has 0 aliphatic carbocycles. The van der Waals surface area contributed by atoms with Crippen LogP contribution < -0.4 is 0 Å². The zero-order valence-electron chi connectivity index (χ0n) is 16.4. The van der Waals surface area contributed by atoms with Crippen molar-refractivity contribution in [1.82, 2.24) is 20.2 Å². The lowest BCUT2D eigenvalue weighted by Crippen LogP contribution is -2.10. The molecule has 0 saturated carbocycles. The average Bonchev–Trinajstić information content (AvgIpc) is 3.29. The predicted octanol–water partition coefficient (Wildman–Crippen LogP) is 6.63. The van der Waals surface area contributed by atoms with Crippen LogP contribution in [0.2, 0.25) is 0 Å². The van der Waals surface area contributed by atoms with Gasteiger partial charge in [0.15, 0.2) is 8.68 Å². The molecule has 4 nitrogen and oxygen atoms in total. The third kappa shape index (κ3) is 6.00. The van der Waals surface area contributed by atoms with E-state index in [2.05, 4.69) is 62.5 Å². The van der Waals surface area contributed by atoms with Crippen molar-refractivity contribution < 1.29 is 0 Å². The maximum atomic E-state index is 4.74. The molecule has 9 heteroatoms. The van der Waals surface area contributed by atoms with Crippen LogP contribution in [0.1, 0.15) is 62.9 Å². The standard InChI is InChI=1S/C18H24N4S5/c1-17(2,3)13-19-11(7-23-13)9-25-15-21-22-16(27-15)26-10-12-8-24-14(20-12)18(4,5)6/h7-8H,9-10H2,1-6H3. The van der Waals surface area contributed by atoms with Gasteiger partial charge in [0.2, 0.25) is 0 Å². The number of hydrogen-bond donors (Lipinski definition) is 0. The van der Waals surface area contributed by atoms with E-state index < -0.39 is 0 Å². The lowest BCUT2D eigenvalue weighted by molar-refractivity contribution is 0.583. The summed E-state index contributed by atoms with van der Waals surface area (Å²) in [6.07, 6.45) is 0. The van der Waals surface area contributed by atoms with Crippen molar-refractivity contribution in [2.24, 2.45) is 0 Å². The highest BCUT2D eigenvalue weighted by Crippen LogP contribution is 2.34. The minimum Gasteiger partial charge on any atom is -0.245 e. The lowest BCUT2D eigenvalue weighted by Gasteiger charge is -2.13. The van der Waals surface area contributed by atoms with Crippen molar-refractivity contribution in [2.75, 3.05) is 0 Å². The van der Waals surface area contributed by atoms with Crippen molar-refractivity contribution in [3.63, 3.8) is 0 Å². The second-order valence-corrected chi connectivity index (χ2v) is 13.3. The van der Waals surface area contributed by atoms with Crippen LogP contribution in [-0.4, -0.2) is 20.2 Å². The Bertz CT molecular complexity index is 811. The molecule has 0 unspecified atom stereocenters. The summed E-state index contributed by atoms with van der Waals surface area (Å²) >= 11 is 8.55. The molecule has 3 rings (SSSR count). The molecule has 0 aromatic carbocycles. The van der Waals surface area contributed by atoms with E-state index in [0.717, 1.165) is 31.6 Å². The first-order valence-electron chi connectivity index (χ1n) is 8.60. The van der Waals surface area contributed by atoms with E-state index in [-0.39, 0.29) is 10.8 Å². The van der Waals surface area contributed by atoms with E-state index in [0.29, 0.717) is 0 Å². The molecule has 0 atom stereocenters. The van der Waals surface area contributed by atoms with Crippen LogP contribution in [-0.2, 0) is 22.3 Å². The van der Waals surface area contributed by atoms with Crippen molar-refractivity contribution in [3.05, 3.63) is 32.2 Å². The van der Waals surface area contributed by atoms with Crippen molar-refractivity contribution in [3.8, 4) is 0 Å². The number of rotatable bonds is 6. The number of aromatic nitrogens is 4. The van der Waals surface area contributed by atoms with Gasteiger partial charge in [0.1, 0.15) is 0 Å². The molecule has 3 aromatic rings. The van der Waals surface area contributed by atoms with E-state index in [4.69, 9.17) is 9.97 Å². The van der Waals surface area contributed by atoms with Crippen LogP contribution in [0.4, 0.5) is 0 Å². The van der Waals surface area contributed by atoms with Gasteiger partial charge in [-0.3, -0.25) is 0 Å². The summed E-state index contributed by atoms with van der Waals surface area (Å²) in [7, 11) is 0. The summed E-state index contributed by atoms with van der Waals surface area (Å²) < 4.78 is 1.99. The molecule has 0 N–H and O–H groups in total. The van der Waals surface area contributed by atoms with Crippen molar-refractivity contribution >= 4 is 57.5 Å². The number of thiazole rings is 2. The van der Waals surface area contributed by atoms with Gasteiger partial charge in [-0.1, -0.05) is 76.4 Å². The fraction of sp³-hybridized carbons (Fsp3) is 0.556. The van der Waals surface area contributed by atoms with Gasteiger partial charge in [-0.25, -0.2) is 9.97 Å². The fourth-order valence-electron chi connectivity index (χ4n) is 2.02. The van der Waals surface area contributed by atoms with Gasteiger partial charge in [-0.15, -0.1) is 32.9 Å². The number of thioether (sulfide) groups is 2. The van der Waals surface area contributed by atoms with E-state index >= 15 is 0 Å². The molecule has 0 spiro atoms. The summed E-state index contributed by atoms with van der Waals surface area (Å²) in [6, 6.07) is 0. The van der Waals surface area contributed by atoms with Crippen LogP contribution >= 0.6 is 57.5 Å². The minimum absolute atomic E-state index is 0.114. The van der Waals surface area contributed by atoms with E-state index in [1.165, 1.54) is 10.0 Å². The third-order valence-electron chi connectivity index (χ3n) is 3.46. The van der Waals surface area contributed by atoms with Crippen LogP contribution in [0.15, 0.2) is 19.4 Å². The smallest absolute Gasteiger partial charge is 0.175 e. The Morgan fingerprint density at radius 3 is 1.48 bits per heavy atom. The van der Waals surface area contributed by atoms with Crippen LogP contribution in [0.5, 0.6) is 0 Å². The Hall–Kier alpha value is -0.480. The van der Waals surface area contributed by atoms with Gasteiger partial charge in [0.05, 0.1) is 21.4 Å². The van der Waals surface area contributed by atoms with Gasteiger partial charge in [0.25, 0.3) is 0 Å². The Morgan fingerprint density at radius 2 is 1.15 bits per heavy atom. The maximum Gasteiger partial charge on any atom is 0.175 e. The molecule has 3 aromatic heterocycles. The van der Waals surface area contributed by atoms with Crippen molar-refractivity contribution in [1.29, 1.82) is 0 Å². The zero-order chi connectivity index (χ0) is 19.7. The number of hydrogen-bond acceptors (Lipinski definition) is 9. The molecule has 0 fully saturated rings. The molecular weight excluding hydrogens is 433 g/mol. The normalized spacial score (nSPS) is 12.7. The molecule has 0 radical (unpaired) electrons. The van der Waals surface area contributed by atoms with E-state index in [9.17, 15) is 0 Å². The van der Waals surface area contributed by atoms with Gasteiger partial charge in [-0.05, 0) is 0 Å². The topological polar surface area (TPSA) is 51.6 Å². The minimum atomic E-state index is 0.114. The summed E-state index contributed by atoms with van der Waals surface area (Å²) in [4.78, 5) is 9.49. The van der Waals surface area contributed by atoms with Gasteiger partial charge in [0, 0.05) is 33.1 Å². The first kappa shape index (κ1) is 21.2. The summed E-state index contributed by atoms with van der Waals surface area (Å²) in [5.74, 6) is 1.68. The SMILES string of the molecule is CC(C)(C)c1nc(CSc2nnc(SCc3csc(C(C)(C)C)n3)s2)cs1. The molecule has 0 aliphatic heterocycles. The Labute approximate surface area is 181 Å². The monoisotopic (exact) mass is 456 g/mol. The van der Waals surface area contributed by atoms with Crippen LogP contribution in [0.25, 0.3) is 0 Å². The predicted molar refractivity (Wildman–Crippen MR) is 121 cm³/mol. The van der Waals surface area contributed by atoms with Crippen LogP contribution in [0, 0.1) is 0 Å². The molecule has 0 aliphatic rings. The number of nitrogens with zero attached hydrogens (tertiary/aromatic N) is 4. The Balaban J connectivity index is 1.51. The van der Waals surface area contributed by atoms with Gasteiger partial charge in [-0.2, -0.15) is 0 Å². The molecule has 0 bridgehead atoms. The second kappa shape index (κ2) is 8.49. The largest absolute Gasteiger partial charge is 0.245 e. The quantitative estimate of drug-likeness (QED) is 0.388. The summed E-state index contributed by atoms with van der Waals surface area (Å²) in [5.41, 5.74) is 2.47. The third-order valence-corrected chi connectivity index (χ3v) is 9.35. The molecule has 0 amide bonds. The first-order valence-corrected chi connectivity index (χ1v) is 13.1. The highest BCUT2D eigenvalue weighted by molar-refractivity contribution is 8.02. The Morgan fingerprint density at radius 1 is 0.741 bits per heavy atom. The Kier molecular flexibility index (Phi) is 6.67. The average molecular weight is 457 g/mol. The fourth-order valence-corrected chi connectivity index (χ4v) is 6.85. The first-order chi connectivity index (χ1) is 12.6. The molecule has 146 valence electrons. The van der Waals surface area contributed by atoms with Crippen LogP contribution in [0.3, 0.4) is 0 Å².